The maximum absolute atomic E-state index is 11.9. The summed E-state index contributed by atoms with van der Waals surface area (Å²) in [6, 6.07) is 0. The molecule has 0 amide bonds. The molecule has 0 radical (unpaired) electrons. The van der Waals surface area contributed by atoms with Gasteiger partial charge >= 0.3 is 39.8 Å². The first-order chi connectivity index (χ1) is 4.19. The molecule has 64 valence electrons. The second-order valence-electron chi connectivity index (χ2n) is 1.38. The van der Waals surface area contributed by atoms with E-state index in [4.69, 9.17) is 5.11 Å². The van der Waals surface area contributed by atoms with E-state index in [9.17, 15) is 22.4 Å². The first-order valence-electron chi connectivity index (χ1n) is 1.87. The minimum Gasteiger partial charge on any atom is -1.00 e. The fourth-order valence-corrected chi connectivity index (χ4v) is 0.121. The number of rotatable bonds is 1. The van der Waals surface area contributed by atoms with Crippen LogP contribution in [0.5, 0.6) is 0 Å². The largest absolute Gasteiger partial charge is 2.00 e. The molecular weight excluding hydrogens is 248 g/mol. The summed E-state index contributed by atoms with van der Waals surface area (Å²) in [5, 5.41) is 7.64. The van der Waals surface area contributed by atoms with Gasteiger partial charge in [-0.15, -0.1) is 0 Å². The summed E-state index contributed by atoms with van der Waals surface area (Å²) in [5.41, 5.74) is 0. The van der Waals surface area contributed by atoms with Crippen LogP contribution < -0.4 is 0 Å². The van der Waals surface area contributed by atoms with Gasteiger partial charge in [0, 0.05) is 0 Å². The van der Waals surface area contributed by atoms with Crippen LogP contribution in [0.1, 0.15) is 2.85 Å². The van der Waals surface area contributed by atoms with Gasteiger partial charge in [-0.1, -0.05) is 0 Å². The third-order valence-corrected chi connectivity index (χ3v) is 1.41. The van der Waals surface area contributed by atoms with Crippen molar-refractivity contribution in [1.82, 2.24) is 0 Å². The first kappa shape index (κ1) is 14.0. The molecular formula is C3H3BrF4MgO2. The summed E-state index contributed by atoms with van der Waals surface area (Å²) in [5.74, 6) is -2.61. The standard InChI is InChI=1S/C3HBrF4O2.Mg.2H/c4-2(5,1(9)10)3(6,7)8;;;/h(H,9,10);;;/q;+2;2*-1. The van der Waals surface area contributed by atoms with Crippen LogP contribution >= 0.6 is 15.9 Å². The summed E-state index contributed by atoms with van der Waals surface area (Å²) in [7, 11) is 0. The molecule has 2 nitrogen and oxygen atoms in total. The maximum Gasteiger partial charge on any atom is 2.00 e. The maximum atomic E-state index is 11.9. The zero-order valence-electron chi connectivity index (χ0n) is 6.95. The average molecular weight is 251 g/mol. The van der Waals surface area contributed by atoms with Crippen molar-refractivity contribution in [2.24, 2.45) is 0 Å². The average Bonchev–Trinajstić information content (AvgIpc) is 1.62. The van der Waals surface area contributed by atoms with Gasteiger partial charge in [-0.3, -0.25) is 0 Å². The Morgan fingerprint density at radius 2 is 1.64 bits per heavy atom. The van der Waals surface area contributed by atoms with E-state index >= 15 is 0 Å². The molecule has 0 spiro atoms. The Morgan fingerprint density at radius 1 is 1.36 bits per heavy atom. The van der Waals surface area contributed by atoms with Crippen molar-refractivity contribution >= 4 is 45.0 Å². The quantitative estimate of drug-likeness (QED) is 0.436. The second kappa shape index (κ2) is 3.90. The molecule has 1 N–H and O–H groups in total. The monoisotopic (exact) mass is 250 g/mol. The fourth-order valence-electron chi connectivity index (χ4n) is 0.121. The van der Waals surface area contributed by atoms with Crippen molar-refractivity contribution in [2.45, 2.75) is 10.8 Å². The molecule has 8 heteroatoms. The van der Waals surface area contributed by atoms with Crippen LogP contribution in [0, 0.1) is 0 Å². The molecule has 0 aromatic heterocycles. The van der Waals surface area contributed by atoms with Crippen molar-refractivity contribution in [3.8, 4) is 0 Å². The van der Waals surface area contributed by atoms with Crippen molar-refractivity contribution in [3.63, 3.8) is 0 Å². The molecule has 0 aromatic carbocycles. The van der Waals surface area contributed by atoms with Crippen LogP contribution in [0.15, 0.2) is 0 Å². The molecule has 0 saturated carbocycles. The van der Waals surface area contributed by atoms with Gasteiger partial charge in [0.15, 0.2) is 0 Å². The molecule has 1 unspecified atom stereocenters. The molecule has 0 fully saturated rings. The van der Waals surface area contributed by atoms with Crippen molar-refractivity contribution in [3.05, 3.63) is 0 Å². The number of aliphatic carboxylic acids is 1. The predicted molar refractivity (Wildman–Crippen MR) is 34.4 cm³/mol. The fraction of sp³-hybridized carbons (Fsp3) is 0.667. The van der Waals surface area contributed by atoms with Crippen molar-refractivity contribution in [2.75, 3.05) is 0 Å². The number of carboxylic acid groups (broad SMARTS) is 1. The van der Waals surface area contributed by atoms with E-state index < -0.39 is 16.7 Å². The Hall–Kier alpha value is 0.436. The van der Waals surface area contributed by atoms with Gasteiger partial charge < -0.3 is 7.96 Å². The molecule has 11 heavy (non-hydrogen) atoms. The van der Waals surface area contributed by atoms with Crippen LogP contribution in [0.3, 0.4) is 0 Å². The van der Waals surface area contributed by atoms with Gasteiger partial charge in [0.25, 0.3) is 0 Å². The van der Waals surface area contributed by atoms with Crippen LogP contribution in [0.2, 0.25) is 0 Å². The Labute approximate surface area is 86.2 Å². The van der Waals surface area contributed by atoms with Gasteiger partial charge in [-0.25, -0.2) is 9.18 Å². The van der Waals surface area contributed by atoms with Crippen LogP contribution in [-0.4, -0.2) is 44.9 Å². The zero-order chi connectivity index (χ0) is 8.58. The van der Waals surface area contributed by atoms with Crippen LogP contribution in [0.25, 0.3) is 0 Å². The topological polar surface area (TPSA) is 37.3 Å². The molecule has 0 rings (SSSR count). The van der Waals surface area contributed by atoms with E-state index in [0.717, 1.165) is 0 Å². The van der Waals surface area contributed by atoms with E-state index in [1.807, 2.05) is 0 Å². The van der Waals surface area contributed by atoms with Gasteiger partial charge in [0.1, 0.15) is 0 Å². The number of hydrogen-bond acceptors (Lipinski definition) is 1. The minimum atomic E-state index is -5.43. The predicted octanol–water partition coefficient (Wildman–Crippen LogP) is 1.54. The molecule has 0 aliphatic rings. The van der Waals surface area contributed by atoms with Gasteiger partial charge in [0.2, 0.25) is 0 Å². The normalized spacial score (nSPS) is 16.5. The molecule has 1 atom stereocenters. The molecule has 0 heterocycles. The Kier molecular flexibility index (Phi) is 4.96. The van der Waals surface area contributed by atoms with E-state index in [1.165, 1.54) is 15.9 Å². The van der Waals surface area contributed by atoms with Gasteiger partial charge in [0.05, 0.1) is 0 Å². The molecule has 0 aromatic rings. The van der Waals surface area contributed by atoms with E-state index in [1.54, 1.807) is 0 Å². The molecule has 0 aliphatic carbocycles. The summed E-state index contributed by atoms with van der Waals surface area (Å²) in [4.78, 5) is 9.53. The van der Waals surface area contributed by atoms with E-state index in [2.05, 4.69) is 0 Å². The SMILES string of the molecule is O=C(O)C(F)(Br)C(F)(F)F.[H-].[H-].[Mg+2]. The number of carboxylic acids is 1. The first-order valence-corrected chi connectivity index (χ1v) is 2.67. The molecule has 0 bridgehead atoms. The van der Waals surface area contributed by atoms with Crippen LogP contribution in [-0.2, 0) is 4.79 Å². The summed E-state index contributed by atoms with van der Waals surface area (Å²) in [6.45, 7) is 0. The van der Waals surface area contributed by atoms with Crippen LogP contribution in [0.4, 0.5) is 17.6 Å². The second-order valence-corrected chi connectivity index (χ2v) is 2.47. The Balaban J connectivity index is -0.000000135. The number of alkyl halides is 5. The van der Waals surface area contributed by atoms with E-state index in [-0.39, 0.29) is 25.9 Å². The Morgan fingerprint density at radius 3 is 1.64 bits per heavy atom. The summed E-state index contributed by atoms with van der Waals surface area (Å²) in [6.07, 6.45) is -5.43. The molecule has 0 saturated heterocycles. The smallest absolute Gasteiger partial charge is 1.00 e. The summed E-state index contributed by atoms with van der Waals surface area (Å²) < 4.78 is 41.4. The molecule has 0 aliphatic heterocycles. The van der Waals surface area contributed by atoms with E-state index in [0.29, 0.717) is 0 Å². The zero-order valence-corrected chi connectivity index (χ0v) is 7.95. The number of halogens is 5. The number of hydrogen-bond donors (Lipinski definition) is 1. The van der Waals surface area contributed by atoms with Crippen molar-refractivity contribution in [1.29, 1.82) is 0 Å². The third-order valence-electron chi connectivity index (χ3n) is 0.625. The third kappa shape index (κ3) is 3.12. The Bertz CT molecular complexity index is 164. The van der Waals surface area contributed by atoms with Gasteiger partial charge in [-0.2, -0.15) is 13.2 Å². The van der Waals surface area contributed by atoms with Gasteiger partial charge in [-0.05, 0) is 15.9 Å². The summed E-state index contributed by atoms with van der Waals surface area (Å²) >= 11 is 1.38. The van der Waals surface area contributed by atoms with Crippen molar-refractivity contribution < 1.29 is 30.3 Å². The number of carbonyl (C=O) groups is 1. The minimum absolute atomic E-state index is 0.